The Morgan fingerprint density at radius 3 is 2.25 bits per heavy atom. The molecule has 2 aromatic carbocycles. The van der Waals surface area contributed by atoms with Gasteiger partial charge in [-0.25, -0.2) is 8.42 Å². The Hall–Kier alpha value is -2.74. The van der Waals surface area contributed by atoms with E-state index in [9.17, 15) is 13.2 Å². The van der Waals surface area contributed by atoms with E-state index >= 15 is 0 Å². The molecule has 0 saturated carbocycles. The molecule has 8 heteroatoms. The number of hydrogen-bond donors (Lipinski definition) is 1. The van der Waals surface area contributed by atoms with Crippen molar-refractivity contribution in [2.24, 2.45) is 0 Å². The van der Waals surface area contributed by atoms with Crippen molar-refractivity contribution in [2.45, 2.75) is 26.3 Å². The lowest BCUT2D eigenvalue weighted by Crippen LogP contribution is -2.45. The van der Waals surface area contributed by atoms with E-state index in [2.05, 4.69) is 5.32 Å². The zero-order chi connectivity index (χ0) is 20.9. The molecule has 1 N–H and O–H groups in total. The number of carbonyl (C=O) groups is 1. The molecule has 0 aromatic heterocycles. The van der Waals surface area contributed by atoms with Gasteiger partial charge in [0.05, 0.1) is 26.2 Å². The fourth-order valence-corrected chi connectivity index (χ4v) is 3.99. The maximum atomic E-state index is 12.8. The Labute approximate surface area is 166 Å². The van der Waals surface area contributed by atoms with E-state index in [1.54, 1.807) is 24.3 Å². The van der Waals surface area contributed by atoms with Crippen LogP contribution in [0.25, 0.3) is 0 Å². The van der Waals surface area contributed by atoms with E-state index in [1.807, 2.05) is 19.1 Å². The number of sulfonamides is 1. The van der Waals surface area contributed by atoms with Gasteiger partial charge in [0.15, 0.2) is 0 Å². The van der Waals surface area contributed by atoms with E-state index in [0.717, 1.165) is 22.5 Å². The molecule has 0 fully saturated rings. The number of benzene rings is 2. The van der Waals surface area contributed by atoms with Gasteiger partial charge >= 0.3 is 0 Å². The first-order valence-electron chi connectivity index (χ1n) is 8.82. The van der Waals surface area contributed by atoms with Crippen LogP contribution in [0, 0.1) is 0 Å². The van der Waals surface area contributed by atoms with Crippen LogP contribution in [0.15, 0.2) is 42.5 Å². The molecule has 7 nitrogen and oxygen atoms in total. The van der Waals surface area contributed by atoms with Crippen LogP contribution >= 0.6 is 0 Å². The Bertz CT molecular complexity index is 926. The number of aryl methyl sites for hydroxylation is 1. The average molecular weight is 407 g/mol. The van der Waals surface area contributed by atoms with E-state index in [0.29, 0.717) is 17.2 Å². The first-order valence-corrected chi connectivity index (χ1v) is 10.7. The third-order valence-corrected chi connectivity index (χ3v) is 5.57. The lowest BCUT2D eigenvalue weighted by atomic mass is 10.1. The summed E-state index contributed by atoms with van der Waals surface area (Å²) in [4.78, 5) is 12.8. The van der Waals surface area contributed by atoms with Gasteiger partial charge in [-0.3, -0.25) is 9.10 Å². The van der Waals surface area contributed by atoms with Crippen molar-refractivity contribution >= 4 is 27.3 Å². The van der Waals surface area contributed by atoms with E-state index in [1.165, 1.54) is 27.2 Å². The highest BCUT2D eigenvalue weighted by Crippen LogP contribution is 2.35. The van der Waals surface area contributed by atoms with Crippen LogP contribution in [0.2, 0.25) is 0 Å². The lowest BCUT2D eigenvalue weighted by Gasteiger charge is -2.29. The van der Waals surface area contributed by atoms with Gasteiger partial charge in [-0.05, 0) is 43.2 Å². The predicted molar refractivity (Wildman–Crippen MR) is 111 cm³/mol. The third kappa shape index (κ3) is 4.95. The van der Waals surface area contributed by atoms with Gasteiger partial charge in [-0.15, -0.1) is 0 Å². The molecule has 1 unspecified atom stereocenters. The molecule has 2 rings (SSSR count). The molecule has 1 atom stereocenters. The minimum Gasteiger partial charge on any atom is -0.497 e. The molecule has 0 aliphatic rings. The molecule has 2 aromatic rings. The Balaban J connectivity index is 2.38. The number of nitrogens with one attached hydrogen (secondary N) is 1. The monoisotopic (exact) mass is 406 g/mol. The van der Waals surface area contributed by atoms with Crippen molar-refractivity contribution in [2.75, 3.05) is 30.1 Å². The second kappa shape index (κ2) is 8.97. The van der Waals surface area contributed by atoms with E-state index in [4.69, 9.17) is 9.47 Å². The van der Waals surface area contributed by atoms with Gasteiger partial charge in [0.2, 0.25) is 15.9 Å². The van der Waals surface area contributed by atoms with Crippen LogP contribution < -0.4 is 19.1 Å². The molecule has 1 amide bonds. The fraction of sp³-hybridized carbons (Fsp3) is 0.350. The summed E-state index contributed by atoms with van der Waals surface area (Å²) >= 11 is 0. The minimum absolute atomic E-state index is 0.230. The number of hydrogen-bond acceptors (Lipinski definition) is 5. The van der Waals surface area contributed by atoms with Crippen molar-refractivity contribution < 1.29 is 22.7 Å². The number of anilines is 2. The smallest absolute Gasteiger partial charge is 0.247 e. The summed E-state index contributed by atoms with van der Waals surface area (Å²) in [6.45, 7) is 3.57. The molecule has 0 saturated heterocycles. The Morgan fingerprint density at radius 2 is 1.75 bits per heavy atom. The third-order valence-electron chi connectivity index (χ3n) is 4.34. The van der Waals surface area contributed by atoms with Gasteiger partial charge in [0.25, 0.3) is 0 Å². The van der Waals surface area contributed by atoms with E-state index in [-0.39, 0.29) is 5.69 Å². The van der Waals surface area contributed by atoms with Crippen LogP contribution in [-0.2, 0) is 21.2 Å². The van der Waals surface area contributed by atoms with Gasteiger partial charge in [0.1, 0.15) is 17.5 Å². The number of amides is 1. The normalized spacial score (nSPS) is 12.2. The number of ether oxygens (including phenoxy) is 2. The summed E-state index contributed by atoms with van der Waals surface area (Å²) in [5.41, 5.74) is 1.97. The van der Waals surface area contributed by atoms with Crippen molar-refractivity contribution in [3.8, 4) is 11.5 Å². The molecule has 0 radical (unpaired) electrons. The molecule has 0 heterocycles. The van der Waals surface area contributed by atoms with Gasteiger partial charge in [0, 0.05) is 11.8 Å². The zero-order valence-electron chi connectivity index (χ0n) is 16.7. The molecule has 0 spiro atoms. The average Bonchev–Trinajstić information content (AvgIpc) is 2.67. The largest absolute Gasteiger partial charge is 0.497 e. The summed E-state index contributed by atoms with van der Waals surface area (Å²) in [7, 11) is -0.871. The zero-order valence-corrected chi connectivity index (χ0v) is 17.5. The van der Waals surface area contributed by atoms with Crippen molar-refractivity contribution in [3.05, 3.63) is 48.0 Å². The standard InChI is InChI=1S/C20H26N2O5S/c1-6-15-7-9-16(10-8-15)21-20(23)14(2)22(28(5,24)25)18-13-17(26-3)11-12-19(18)27-4/h7-14H,6H2,1-5H3,(H,21,23). The topological polar surface area (TPSA) is 84.9 Å². The van der Waals surface area contributed by atoms with Crippen LogP contribution in [0.3, 0.4) is 0 Å². The lowest BCUT2D eigenvalue weighted by molar-refractivity contribution is -0.116. The summed E-state index contributed by atoms with van der Waals surface area (Å²) in [5.74, 6) is 0.310. The van der Waals surface area contributed by atoms with Crippen LogP contribution in [0.1, 0.15) is 19.4 Å². The highest BCUT2D eigenvalue weighted by Gasteiger charge is 2.31. The summed E-state index contributed by atoms with van der Waals surface area (Å²) < 4.78 is 36.6. The van der Waals surface area contributed by atoms with Gasteiger partial charge < -0.3 is 14.8 Å². The molecule has 0 aliphatic heterocycles. The number of methoxy groups -OCH3 is 2. The van der Waals surface area contributed by atoms with Crippen molar-refractivity contribution in [3.63, 3.8) is 0 Å². The molecule has 152 valence electrons. The van der Waals surface area contributed by atoms with Crippen LogP contribution in [-0.4, -0.2) is 40.8 Å². The molecule has 0 bridgehead atoms. The first-order chi connectivity index (χ1) is 13.2. The van der Waals surface area contributed by atoms with E-state index < -0.39 is 22.0 Å². The SMILES string of the molecule is CCc1ccc(NC(=O)C(C)N(c2cc(OC)ccc2OC)S(C)(=O)=O)cc1. The minimum atomic E-state index is -3.79. The predicted octanol–water partition coefficient (Wildman–Crippen LogP) is 3.06. The molecule has 28 heavy (non-hydrogen) atoms. The van der Waals surface area contributed by atoms with Gasteiger partial charge in [-0.1, -0.05) is 19.1 Å². The van der Waals surface area contributed by atoms with Crippen molar-refractivity contribution in [1.29, 1.82) is 0 Å². The second-order valence-electron chi connectivity index (χ2n) is 6.31. The molecular weight excluding hydrogens is 380 g/mol. The van der Waals surface area contributed by atoms with Crippen molar-refractivity contribution in [1.82, 2.24) is 0 Å². The summed E-state index contributed by atoms with van der Waals surface area (Å²) in [6, 6.07) is 11.2. The Kier molecular flexibility index (Phi) is 6.90. The maximum Gasteiger partial charge on any atom is 0.247 e. The quantitative estimate of drug-likeness (QED) is 0.728. The molecule has 0 aliphatic carbocycles. The highest BCUT2D eigenvalue weighted by atomic mass is 32.2. The first kappa shape index (κ1) is 21.6. The molecular formula is C20H26N2O5S. The summed E-state index contributed by atoms with van der Waals surface area (Å²) in [5, 5.41) is 2.76. The number of nitrogens with zero attached hydrogens (tertiary/aromatic N) is 1. The summed E-state index contributed by atoms with van der Waals surface area (Å²) in [6.07, 6.45) is 1.94. The fourth-order valence-electron chi connectivity index (χ4n) is 2.82. The van der Waals surface area contributed by atoms with Crippen LogP contribution in [0.5, 0.6) is 11.5 Å². The number of carbonyl (C=O) groups excluding carboxylic acids is 1. The van der Waals surface area contributed by atoms with Crippen LogP contribution in [0.4, 0.5) is 11.4 Å². The second-order valence-corrected chi connectivity index (χ2v) is 8.17. The van der Waals surface area contributed by atoms with Gasteiger partial charge in [-0.2, -0.15) is 0 Å². The number of rotatable bonds is 8. The maximum absolute atomic E-state index is 12.8. The highest BCUT2D eigenvalue weighted by molar-refractivity contribution is 7.92. The Morgan fingerprint density at radius 1 is 1.11 bits per heavy atom.